The van der Waals surface area contributed by atoms with Gasteiger partial charge in [-0.2, -0.15) is 0 Å². The summed E-state index contributed by atoms with van der Waals surface area (Å²) in [6, 6.07) is 9.79. The smallest absolute Gasteiger partial charge is 0.0541 e. The van der Waals surface area contributed by atoms with Crippen molar-refractivity contribution in [3.05, 3.63) is 35.9 Å². The zero-order chi connectivity index (χ0) is 9.68. The van der Waals surface area contributed by atoms with Crippen LogP contribution in [0.1, 0.15) is 12.5 Å². The monoisotopic (exact) mass is 195 g/mol. The highest BCUT2D eigenvalue weighted by Gasteiger charge is 2.02. The van der Waals surface area contributed by atoms with Crippen molar-refractivity contribution in [3.8, 4) is 0 Å². The number of hydrogen-bond donors (Lipinski definition) is 0. The van der Waals surface area contributed by atoms with Gasteiger partial charge in [-0.05, 0) is 12.5 Å². The van der Waals surface area contributed by atoms with Crippen LogP contribution in [0.5, 0.6) is 0 Å². The molecule has 1 aromatic rings. The number of aliphatic carboxylic acids is 1. The maximum atomic E-state index is 10.4. The van der Waals surface area contributed by atoms with Gasteiger partial charge in [-0.3, -0.25) is 0 Å². The van der Waals surface area contributed by atoms with E-state index in [0.717, 1.165) is 11.3 Å². The molecule has 0 fully saturated rings. The van der Waals surface area contributed by atoms with E-state index in [2.05, 4.69) is 0 Å². The van der Waals surface area contributed by atoms with Crippen LogP contribution in [0.4, 0.5) is 0 Å². The van der Waals surface area contributed by atoms with Gasteiger partial charge in [0.15, 0.2) is 0 Å². The van der Waals surface area contributed by atoms with Crippen LogP contribution in [0, 0.1) is 0 Å². The molecule has 0 aliphatic carbocycles. The maximum Gasteiger partial charge on any atom is 0.0541 e. The second-order valence-corrected chi connectivity index (χ2v) is 4.09. The molecule has 1 atom stereocenters. The fraction of sp³-hybridized carbons (Fsp3) is 0.300. The van der Waals surface area contributed by atoms with E-state index in [9.17, 15) is 9.90 Å². The van der Waals surface area contributed by atoms with Gasteiger partial charge < -0.3 is 9.90 Å². The summed E-state index contributed by atoms with van der Waals surface area (Å²) in [7, 11) is 0. The van der Waals surface area contributed by atoms with Crippen LogP contribution in [-0.4, -0.2) is 11.2 Å². The molecule has 13 heavy (non-hydrogen) atoms. The number of carbonyl (C=O) groups excluding carboxylic acids is 1. The third kappa shape index (κ3) is 3.51. The van der Waals surface area contributed by atoms with E-state index >= 15 is 0 Å². The molecular formula is C10H11O2S-. The molecule has 0 unspecified atom stereocenters. The Morgan fingerprint density at radius 3 is 2.62 bits per heavy atom. The van der Waals surface area contributed by atoms with Gasteiger partial charge in [0.25, 0.3) is 0 Å². The summed E-state index contributed by atoms with van der Waals surface area (Å²) in [6.45, 7) is 1.64. The summed E-state index contributed by atoms with van der Waals surface area (Å²) in [5.74, 6) is -0.281. The average molecular weight is 195 g/mol. The number of carboxylic acids is 1. The molecule has 0 heterocycles. The standard InChI is InChI=1S/C10H12O2S/c1-8(10(11)12)13-7-9-5-3-2-4-6-9/h2-6,8H,7H2,1H3,(H,11,12)/p-1/t8-/m1/s1. The third-order valence-corrected chi connectivity index (χ3v) is 2.87. The summed E-state index contributed by atoms with van der Waals surface area (Å²) in [5, 5.41) is 9.94. The van der Waals surface area contributed by atoms with Crippen LogP contribution in [0.3, 0.4) is 0 Å². The summed E-state index contributed by atoms with van der Waals surface area (Å²) >= 11 is 1.38. The SMILES string of the molecule is C[C@@H](SCc1ccccc1)C(=O)[O-]. The number of benzene rings is 1. The average Bonchev–Trinajstić information content (AvgIpc) is 2.15. The van der Waals surface area contributed by atoms with E-state index in [1.807, 2.05) is 30.3 Å². The Hall–Kier alpha value is -0.960. The van der Waals surface area contributed by atoms with E-state index < -0.39 is 11.2 Å². The zero-order valence-corrected chi connectivity index (χ0v) is 8.21. The molecule has 0 spiro atoms. The van der Waals surface area contributed by atoms with Gasteiger partial charge in [-0.25, -0.2) is 0 Å². The molecule has 1 rings (SSSR count). The van der Waals surface area contributed by atoms with Crippen molar-refractivity contribution in [1.82, 2.24) is 0 Å². The minimum Gasteiger partial charge on any atom is -0.549 e. The third-order valence-electron chi connectivity index (χ3n) is 1.67. The molecule has 3 heteroatoms. The summed E-state index contributed by atoms with van der Waals surface area (Å²) in [6.07, 6.45) is 0. The highest BCUT2D eigenvalue weighted by Crippen LogP contribution is 2.16. The lowest BCUT2D eigenvalue weighted by molar-refractivity contribution is -0.304. The zero-order valence-electron chi connectivity index (χ0n) is 7.40. The Bertz CT molecular complexity index is 272. The number of thioether (sulfide) groups is 1. The van der Waals surface area contributed by atoms with Gasteiger partial charge in [-0.1, -0.05) is 30.3 Å². The molecule has 0 aromatic heterocycles. The number of carboxylic acid groups (broad SMARTS) is 1. The maximum absolute atomic E-state index is 10.4. The lowest BCUT2D eigenvalue weighted by atomic mass is 10.2. The fourth-order valence-electron chi connectivity index (χ4n) is 0.864. The fourth-order valence-corrected chi connectivity index (χ4v) is 1.63. The second-order valence-electron chi connectivity index (χ2n) is 2.76. The van der Waals surface area contributed by atoms with Gasteiger partial charge in [-0.15, -0.1) is 11.8 Å². The highest BCUT2D eigenvalue weighted by molar-refractivity contribution is 7.99. The molecule has 0 saturated carbocycles. The first kappa shape index (κ1) is 10.1. The van der Waals surface area contributed by atoms with Gasteiger partial charge in [0.2, 0.25) is 0 Å². The van der Waals surface area contributed by atoms with Gasteiger partial charge in [0, 0.05) is 11.0 Å². The number of rotatable bonds is 4. The van der Waals surface area contributed by atoms with Crippen molar-refractivity contribution in [3.63, 3.8) is 0 Å². The molecule has 0 saturated heterocycles. The molecule has 0 radical (unpaired) electrons. The van der Waals surface area contributed by atoms with E-state index in [-0.39, 0.29) is 0 Å². The first-order chi connectivity index (χ1) is 6.20. The van der Waals surface area contributed by atoms with E-state index in [0.29, 0.717) is 0 Å². The van der Waals surface area contributed by atoms with E-state index in [1.165, 1.54) is 11.8 Å². The second kappa shape index (κ2) is 4.92. The Labute approximate surface area is 82.0 Å². The summed E-state index contributed by atoms with van der Waals surface area (Å²) in [5.41, 5.74) is 1.14. The molecular weight excluding hydrogens is 184 g/mol. The molecule has 0 aliphatic rings. The van der Waals surface area contributed by atoms with Crippen LogP contribution >= 0.6 is 11.8 Å². The lowest BCUT2D eigenvalue weighted by Gasteiger charge is -2.11. The predicted octanol–water partition coefficient (Wildman–Crippen LogP) is 1.06. The molecule has 0 amide bonds. The Morgan fingerprint density at radius 1 is 1.46 bits per heavy atom. The van der Waals surface area contributed by atoms with Crippen LogP contribution < -0.4 is 5.11 Å². The van der Waals surface area contributed by atoms with Crippen molar-refractivity contribution in [2.75, 3.05) is 0 Å². The normalized spacial score (nSPS) is 12.4. The largest absolute Gasteiger partial charge is 0.549 e. The Balaban J connectivity index is 2.39. The first-order valence-electron chi connectivity index (χ1n) is 4.06. The van der Waals surface area contributed by atoms with Crippen LogP contribution in [0.2, 0.25) is 0 Å². The van der Waals surface area contributed by atoms with Crippen LogP contribution in [0.25, 0.3) is 0 Å². The van der Waals surface area contributed by atoms with E-state index in [1.54, 1.807) is 6.92 Å². The number of hydrogen-bond acceptors (Lipinski definition) is 3. The number of carbonyl (C=O) groups is 1. The molecule has 0 bridgehead atoms. The Kier molecular flexibility index (Phi) is 3.83. The summed E-state index contributed by atoms with van der Waals surface area (Å²) < 4.78 is 0. The van der Waals surface area contributed by atoms with Crippen molar-refractivity contribution >= 4 is 17.7 Å². The van der Waals surface area contributed by atoms with Crippen molar-refractivity contribution in [1.29, 1.82) is 0 Å². The van der Waals surface area contributed by atoms with Crippen molar-refractivity contribution in [2.24, 2.45) is 0 Å². The minimum atomic E-state index is -0.999. The molecule has 2 nitrogen and oxygen atoms in total. The van der Waals surface area contributed by atoms with Gasteiger partial charge in [0.05, 0.1) is 5.97 Å². The van der Waals surface area contributed by atoms with Gasteiger partial charge >= 0.3 is 0 Å². The van der Waals surface area contributed by atoms with E-state index in [4.69, 9.17) is 0 Å². The topological polar surface area (TPSA) is 40.1 Å². The van der Waals surface area contributed by atoms with Crippen LogP contribution in [-0.2, 0) is 10.5 Å². The summed E-state index contributed by atoms with van der Waals surface area (Å²) in [4.78, 5) is 10.4. The predicted molar refractivity (Wildman–Crippen MR) is 52.2 cm³/mol. The molecule has 70 valence electrons. The lowest BCUT2D eigenvalue weighted by Crippen LogP contribution is -2.31. The Morgan fingerprint density at radius 2 is 2.08 bits per heavy atom. The van der Waals surface area contributed by atoms with Crippen molar-refractivity contribution in [2.45, 2.75) is 17.9 Å². The van der Waals surface area contributed by atoms with Gasteiger partial charge in [0.1, 0.15) is 0 Å². The highest BCUT2D eigenvalue weighted by atomic mass is 32.2. The first-order valence-corrected chi connectivity index (χ1v) is 5.11. The van der Waals surface area contributed by atoms with Crippen molar-refractivity contribution < 1.29 is 9.90 Å². The molecule has 1 aromatic carbocycles. The quantitative estimate of drug-likeness (QED) is 0.721. The molecule has 0 aliphatic heterocycles. The molecule has 0 N–H and O–H groups in total. The minimum absolute atomic E-state index is 0.444. The van der Waals surface area contributed by atoms with Crippen LogP contribution in [0.15, 0.2) is 30.3 Å².